The van der Waals surface area contributed by atoms with E-state index < -0.39 is 12.2 Å². The zero-order valence-electron chi connectivity index (χ0n) is 9.38. The highest BCUT2D eigenvalue weighted by molar-refractivity contribution is 6.01. The maximum absolute atomic E-state index is 11.9. The molecule has 90 valence electrons. The van der Waals surface area contributed by atoms with Crippen LogP contribution in [0.25, 0.3) is 0 Å². The van der Waals surface area contributed by atoms with Crippen LogP contribution in [0.1, 0.15) is 45.9 Å². The topological polar surface area (TPSA) is 77.8 Å². The smallest absolute Gasteiger partial charge is 0.335 e. The maximum Gasteiger partial charge on any atom is 0.335 e. The Labute approximate surface area is 98.3 Å². The molecule has 1 aliphatic rings. The van der Waals surface area contributed by atoms with Crippen molar-refractivity contribution >= 4 is 11.9 Å². The van der Waals surface area contributed by atoms with Gasteiger partial charge in [-0.3, -0.25) is 4.79 Å². The molecule has 1 aromatic carbocycles. The fourth-order valence-corrected chi connectivity index (χ4v) is 2.00. The predicted octanol–water partition coefficient (Wildman–Crippen LogP) is 1.24. The standard InChI is InChI=1S/C12H13NO4/c1-2-5-13-10(14)8-4-3-7(12(16)17)6-9(8)11(13)15/h3-4,6,10,14H,2,5H2,1H3,(H,16,17)/t10-/m0/s1. The number of aliphatic hydroxyl groups excluding tert-OH is 1. The summed E-state index contributed by atoms with van der Waals surface area (Å²) in [6.45, 7) is 2.36. The summed E-state index contributed by atoms with van der Waals surface area (Å²) in [6, 6.07) is 4.21. The number of amides is 1. The summed E-state index contributed by atoms with van der Waals surface area (Å²) in [7, 11) is 0. The van der Waals surface area contributed by atoms with E-state index in [1.54, 1.807) is 0 Å². The Morgan fingerprint density at radius 2 is 2.18 bits per heavy atom. The van der Waals surface area contributed by atoms with Crippen LogP contribution in [0, 0.1) is 0 Å². The summed E-state index contributed by atoms with van der Waals surface area (Å²) in [5, 5.41) is 18.8. The molecule has 0 bridgehead atoms. The van der Waals surface area contributed by atoms with Crippen LogP contribution in [-0.4, -0.2) is 33.5 Å². The second kappa shape index (κ2) is 4.18. The Kier molecular flexibility index (Phi) is 2.85. The van der Waals surface area contributed by atoms with E-state index in [9.17, 15) is 14.7 Å². The fourth-order valence-electron chi connectivity index (χ4n) is 2.00. The Balaban J connectivity index is 2.43. The Morgan fingerprint density at radius 1 is 1.47 bits per heavy atom. The number of carbonyl (C=O) groups excluding carboxylic acids is 1. The largest absolute Gasteiger partial charge is 0.478 e. The van der Waals surface area contributed by atoms with Gasteiger partial charge < -0.3 is 15.1 Å². The first-order valence-electron chi connectivity index (χ1n) is 5.42. The van der Waals surface area contributed by atoms with Gasteiger partial charge in [-0.1, -0.05) is 13.0 Å². The van der Waals surface area contributed by atoms with Gasteiger partial charge in [0.05, 0.1) is 5.56 Å². The van der Waals surface area contributed by atoms with Crippen molar-refractivity contribution in [2.24, 2.45) is 0 Å². The lowest BCUT2D eigenvalue weighted by atomic mass is 10.1. The molecule has 0 saturated heterocycles. The van der Waals surface area contributed by atoms with E-state index in [1.807, 2.05) is 6.92 Å². The first-order chi connectivity index (χ1) is 8.06. The number of hydrogen-bond acceptors (Lipinski definition) is 3. The van der Waals surface area contributed by atoms with Crippen molar-refractivity contribution in [3.05, 3.63) is 34.9 Å². The van der Waals surface area contributed by atoms with E-state index in [1.165, 1.54) is 23.1 Å². The van der Waals surface area contributed by atoms with Crippen molar-refractivity contribution in [3.63, 3.8) is 0 Å². The molecule has 5 nitrogen and oxygen atoms in total. The molecular weight excluding hydrogens is 222 g/mol. The van der Waals surface area contributed by atoms with Gasteiger partial charge in [0.25, 0.3) is 5.91 Å². The van der Waals surface area contributed by atoms with Crippen LogP contribution >= 0.6 is 0 Å². The predicted molar refractivity (Wildman–Crippen MR) is 59.7 cm³/mol. The van der Waals surface area contributed by atoms with Crippen LogP contribution in [-0.2, 0) is 0 Å². The molecule has 1 heterocycles. The molecule has 2 rings (SSSR count). The molecule has 0 radical (unpaired) electrons. The third kappa shape index (κ3) is 1.78. The second-order valence-electron chi connectivity index (χ2n) is 3.98. The SMILES string of the molecule is CCCN1C(=O)c2cc(C(=O)O)ccc2[C@@H]1O. The van der Waals surface area contributed by atoms with Crippen molar-refractivity contribution in [2.75, 3.05) is 6.54 Å². The molecule has 2 N–H and O–H groups in total. The zero-order chi connectivity index (χ0) is 12.6. The fraction of sp³-hybridized carbons (Fsp3) is 0.333. The van der Waals surface area contributed by atoms with Crippen molar-refractivity contribution in [1.29, 1.82) is 0 Å². The van der Waals surface area contributed by atoms with Crippen LogP contribution < -0.4 is 0 Å². The summed E-state index contributed by atoms with van der Waals surface area (Å²) in [5.41, 5.74) is 0.821. The van der Waals surface area contributed by atoms with Crippen LogP contribution in [0.15, 0.2) is 18.2 Å². The van der Waals surface area contributed by atoms with E-state index >= 15 is 0 Å². The number of benzene rings is 1. The summed E-state index contributed by atoms with van der Waals surface area (Å²) < 4.78 is 0. The van der Waals surface area contributed by atoms with Crippen molar-refractivity contribution in [2.45, 2.75) is 19.6 Å². The van der Waals surface area contributed by atoms with Crippen LogP contribution in [0.5, 0.6) is 0 Å². The van der Waals surface area contributed by atoms with Gasteiger partial charge >= 0.3 is 5.97 Å². The molecule has 0 spiro atoms. The Bertz CT molecular complexity index is 483. The molecule has 0 aromatic heterocycles. The van der Waals surface area contributed by atoms with Crippen LogP contribution in [0.3, 0.4) is 0 Å². The molecule has 5 heteroatoms. The Hall–Kier alpha value is -1.88. The normalized spacial score (nSPS) is 18.4. The molecule has 1 amide bonds. The molecular formula is C12H13NO4. The number of carbonyl (C=O) groups is 2. The highest BCUT2D eigenvalue weighted by Crippen LogP contribution is 2.32. The molecule has 0 aliphatic carbocycles. The average Bonchev–Trinajstić information content (AvgIpc) is 2.54. The second-order valence-corrected chi connectivity index (χ2v) is 3.98. The first-order valence-corrected chi connectivity index (χ1v) is 5.42. The van der Waals surface area contributed by atoms with Gasteiger partial charge in [-0.2, -0.15) is 0 Å². The third-order valence-corrected chi connectivity index (χ3v) is 2.83. The van der Waals surface area contributed by atoms with E-state index in [0.717, 1.165) is 6.42 Å². The molecule has 0 saturated carbocycles. The third-order valence-electron chi connectivity index (χ3n) is 2.83. The molecule has 0 unspecified atom stereocenters. The van der Waals surface area contributed by atoms with Crippen LogP contribution in [0.4, 0.5) is 0 Å². The van der Waals surface area contributed by atoms with E-state index in [2.05, 4.69) is 0 Å². The van der Waals surface area contributed by atoms with Crippen LogP contribution in [0.2, 0.25) is 0 Å². The number of carboxylic acid groups (broad SMARTS) is 1. The summed E-state index contributed by atoms with van der Waals surface area (Å²) in [4.78, 5) is 24.1. The van der Waals surface area contributed by atoms with Crippen molar-refractivity contribution < 1.29 is 19.8 Å². The number of aromatic carboxylic acids is 1. The highest BCUT2D eigenvalue weighted by atomic mass is 16.4. The quantitative estimate of drug-likeness (QED) is 0.826. The van der Waals surface area contributed by atoms with E-state index in [4.69, 9.17) is 5.11 Å². The van der Waals surface area contributed by atoms with E-state index in [0.29, 0.717) is 12.1 Å². The minimum absolute atomic E-state index is 0.0580. The van der Waals surface area contributed by atoms with E-state index in [-0.39, 0.29) is 17.0 Å². The molecule has 1 aliphatic heterocycles. The number of rotatable bonds is 3. The van der Waals surface area contributed by atoms with Gasteiger partial charge in [0.15, 0.2) is 6.23 Å². The number of carboxylic acids is 1. The van der Waals surface area contributed by atoms with Crippen molar-refractivity contribution in [3.8, 4) is 0 Å². The minimum Gasteiger partial charge on any atom is -0.478 e. The van der Waals surface area contributed by atoms with Gasteiger partial charge in [-0.05, 0) is 18.6 Å². The number of nitrogens with zero attached hydrogens (tertiary/aromatic N) is 1. The number of hydrogen-bond donors (Lipinski definition) is 2. The molecule has 0 fully saturated rings. The van der Waals surface area contributed by atoms with Crippen molar-refractivity contribution in [1.82, 2.24) is 4.90 Å². The average molecular weight is 235 g/mol. The number of aliphatic hydroxyl groups is 1. The molecule has 17 heavy (non-hydrogen) atoms. The molecule has 1 atom stereocenters. The summed E-state index contributed by atoms with van der Waals surface area (Å²) in [6.07, 6.45) is -0.219. The zero-order valence-corrected chi connectivity index (χ0v) is 9.38. The minimum atomic E-state index is -1.08. The summed E-state index contributed by atoms with van der Waals surface area (Å²) in [5.74, 6) is -1.39. The number of fused-ring (bicyclic) bond motifs is 1. The van der Waals surface area contributed by atoms with Gasteiger partial charge in [0, 0.05) is 17.7 Å². The lowest BCUT2D eigenvalue weighted by Crippen LogP contribution is -2.28. The van der Waals surface area contributed by atoms with Gasteiger partial charge in [0.1, 0.15) is 0 Å². The lowest BCUT2D eigenvalue weighted by Gasteiger charge is -2.19. The summed E-state index contributed by atoms with van der Waals surface area (Å²) >= 11 is 0. The van der Waals surface area contributed by atoms with Gasteiger partial charge in [0.2, 0.25) is 0 Å². The maximum atomic E-state index is 11.9. The van der Waals surface area contributed by atoms with Gasteiger partial charge in [-0.15, -0.1) is 0 Å². The highest BCUT2D eigenvalue weighted by Gasteiger charge is 2.35. The Morgan fingerprint density at radius 3 is 2.76 bits per heavy atom. The first kappa shape index (κ1) is 11.6. The molecule has 1 aromatic rings. The lowest BCUT2D eigenvalue weighted by molar-refractivity contribution is 0.0177. The monoisotopic (exact) mass is 235 g/mol. The van der Waals surface area contributed by atoms with Gasteiger partial charge in [-0.25, -0.2) is 4.79 Å².